The first-order valence-electron chi connectivity index (χ1n) is 21.8. The molecule has 3 aromatic rings. The number of nitrogens with zero attached hydrogens (tertiary/aromatic N) is 2. The van der Waals surface area contributed by atoms with Crippen molar-refractivity contribution in [1.29, 1.82) is 0 Å². The van der Waals surface area contributed by atoms with Crippen molar-refractivity contribution in [3.8, 4) is 0 Å². The molecule has 0 saturated carbocycles. The summed E-state index contributed by atoms with van der Waals surface area (Å²) >= 11 is 0. The third-order valence-corrected chi connectivity index (χ3v) is 11.5. The van der Waals surface area contributed by atoms with Gasteiger partial charge in [0.15, 0.2) is 0 Å². The molecule has 0 fully saturated rings. The van der Waals surface area contributed by atoms with E-state index in [-0.39, 0.29) is 5.41 Å². The van der Waals surface area contributed by atoms with E-state index in [0.717, 1.165) is 13.0 Å². The Hall–Kier alpha value is -2.35. The van der Waals surface area contributed by atoms with Gasteiger partial charge in [-0.05, 0) is 30.4 Å². The fraction of sp³-hybridized carbons (Fsp3) is 0.688. The van der Waals surface area contributed by atoms with E-state index in [1.165, 1.54) is 184 Å². The van der Waals surface area contributed by atoms with E-state index in [0.29, 0.717) is 5.92 Å². The molecule has 2 aromatic carbocycles. The molecule has 1 heterocycles. The molecule has 1 aromatic heterocycles. The standard InChI is InChI=1S/C48H78N2/c1-4-6-8-10-12-14-15-16-17-18-19-20-21-22-24-26-34-41-50-42-40-49-47(50)46(39-33-25-23-13-11-9-7-5-2)48(3,45-37-31-28-32-38-45)43-44-35-29-27-30-36-44/h27-32,35-38,40,42,46H,4-26,33-34,39,41,43H2,1-3H3. The maximum absolute atomic E-state index is 5.16. The summed E-state index contributed by atoms with van der Waals surface area (Å²) in [5.74, 6) is 1.69. The Bertz CT molecular complexity index is 1170. The van der Waals surface area contributed by atoms with Crippen LogP contribution in [-0.4, -0.2) is 9.55 Å². The van der Waals surface area contributed by atoms with Gasteiger partial charge in [-0.1, -0.05) is 236 Å². The number of hydrogen-bond donors (Lipinski definition) is 0. The molecular weight excluding hydrogens is 605 g/mol. The van der Waals surface area contributed by atoms with Crippen LogP contribution in [0.4, 0.5) is 0 Å². The average Bonchev–Trinajstić information content (AvgIpc) is 3.60. The molecule has 280 valence electrons. The summed E-state index contributed by atoms with van der Waals surface area (Å²) in [7, 11) is 0. The molecule has 3 rings (SSSR count). The average molecular weight is 683 g/mol. The monoisotopic (exact) mass is 683 g/mol. The van der Waals surface area contributed by atoms with Crippen molar-refractivity contribution >= 4 is 0 Å². The number of aryl methyl sites for hydroxylation is 1. The molecular formula is C48H78N2. The largest absolute Gasteiger partial charge is 0.335 e. The first kappa shape index (κ1) is 42.1. The molecule has 2 atom stereocenters. The van der Waals surface area contributed by atoms with Crippen LogP contribution in [0.3, 0.4) is 0 Å². The number of imidazole rings is 1. The van der Waals surface area contributed by atoms with E-state index < -0.39 is 0 Å². The SMILES string of the molecule is CCCCCCCCCCCCCCCCCCCn1ccnc1C(CCCCCCCCCC)C(C)(Cc1ccccc1)c1ccccc1. The molecule has 0 bridgehead atoms. The van der Waals surface area contributed by atoms with E-state index in [1.54, 1.807) is 0 Å². The lowest BCUT2D eigenvalue weighted by molar-refractivity contribution is 0.321. The highest BCUT2D eigenvalue weighted by Gasteiger charge is 2.39. The summed E-state index contributed by atoms with van der Waals surface area (Å²) in [6.45, 7) is 8.24. The molecule has 0 radical (unpaired) electrons. The van der Waals surface area contributed by atoms with E-state index >= 15 is 0 Å². The number of benzene rings is 2. The van der Waals surface area contributed by atoms with Crippen LogP contribution >= 0.6 is 0 Å². The van der Waals surface area contributed by atoms with Crippen molar-refractivity contribution < 1.29 is 0 Å². The van der Waals surface area contributed by atoms with Gasteiger partial charge in [0.25, 0.3) is 0 Å². The summed E-state index contributed by atoms with van der Waals surface area (Å²) in [5.41, 5.74) is 2.84. The zero-order valence-corrected chi connectivity index (χ0v) is 33.2. The van der Waals surface area contributed by atoms with Crippen LogP contribution in [-0.2, 0) is 18.4 Å². The zero-order valence-electron chi connectivity index (χ0n) is 33.2. The van der Waals surface area contributed by atoms with Gasteiger partial charge in [-0.25, -0.2) is 4.98 Å². The summed E-state index contributed by atoms with van der Waals surface area (Å²) in [6, 6.07) is 22.6. The van der Waals surface area contributed by atoms with E-state index in [9.17, 15) is 0 Å². The predicted octanol–water partition coefficient (Wildman–Crippen LogP) is 15.3. The van der Waals surface area contributed by atoms with Crippen molar-refractivity contribution in [2.45, 2.75) is 212 Å². The third kappa shape index (κ3) is 16.8. The van der Waals surface area contributed by atoms with Gasteiger partial charge in [0.05, 0.1) is 0 Å². The van der Waals surface area contributed by atoms with Crippen LogP contribution in [0.1, 0.15) is 211 Å². The predicted molar refractivity (Wildman–Crippen MR) is 220 cm³/mol. The number of unbranched alkanes of at least 4 members (excludes halogenated alkanes) is 23. The fourth-order valence-electron chi connectivity index (χ4n) is 8.31. The second-order valence-electron chi connectivity index (χ2n) is 15.9. The molecule has 2 nitrogen and oxygen atoms in total. The lowest BCUT2D eigenvalue weighted by Gasteiger charge is -2.39. The Morgan fingerprint density at radius 3 is 1.42 bits per heavy atom. The number of hydrogen-bond acceptors (Lipinski definition) is 1. The van der Waals surface area contributed by atoms with Crippen molar-refractivity contribution in [3.05, 3.63) is 90.0 Å². The van der Waals surface area contributed by atoms with E-state index in [4.69, 9.17) is 4.98 Å². The molecule has 50 heavy (non-hydrogen) atoms. The topological polar surface area (TPSA) is 17.8 Å². The minimum Gasteiger partial charge on any atom is -0.335 e. The minimum absolute atomic E-state index is 0.0267. The molecule has 2 heteroatoms. The van der Waals surface area contributed by atoms with Crippen LogP contribution in [0.2, 0.25) is 0 Å². The highest BCUT2D eigenvalue weighted by molar-refractivity contribution is 5.33. The Labute approximate surface area is 310 Å². The fourth-order valence-corrected chi connectivity index (χ4v) is 8.31. The summed E-state index contributed by atoms with van der Waals surface area (Å²) in [5, 5.41) is 0. The van der Waals surface area contributed by atoms with Crippen LogP contribution in [0.5, 0.6) is 0 Å². The number of rotatable bonds is 32. The second kappa shape index (κ2) is 27.3. The van der Waals surface area contributed by atoms with Gasteiger partial charge in [0.2, 0.25) is 0 Å². The van der Waals surface area contributed by atoms with Crippen LogP contribution in [0.15, 0.2) is 73.1 Å². The highest BCUT2D eigenvalue weighted by atomic mass is 15.1. The third-order valence-electron chi connectivity index (χ3n) is 11.5. The van der Waals surface area contributed by atoms with E-state index in [2.05, 4.69) is 98.4 Å². The van der Waals surface area contributed by atoms with Gasteiger partial charge in [-0.15, -0.1) is 0 Å². The van der Waals surface area contributed by atoms with Crippen LogP contribution in [0, 0.1) is 0 Å². The quantitative estimate of drug-likeness (QED) is 0.0599. The van der Waals surface area contributed by atoms with Gasteiger partial charge in [-0.2, -0.15) is 0 Å². The summed E-state index contributed by atoms with van der Waals surface area (Å²) < 4.78 is 2.53. The molecule has 0 saturated heterocycles. The Morgan fingerprint density at radius 1 is 0.520 bits per heavy atom. The van der Waals surface area contributed by atoms with Crippen molar-refractivity contribution in [2.24, 2.45) is 0 Å². The van der Waals surface area contributed by atoms with Crippen molar-refractivity contribution in [1.82, 2.24) is 9.55 Å². The zero-order chi connectivity index (χ0) is 35.4. The van der Waals surface area contributed by atoms with E-state index in [1.807, 2.05) is 0 Å². The molecule has 2 unspecified atom stereocenters. The number of aromatic nitrogens is 2. The van der Waals surface area contributed by atoms with Crippen LogP contribution < -0.4 is 0 Å². The maximum atomic E-state index is 5.16. The first-order chi connectivity index (χ1) is 24.7. The van der Waals surface area contributed by atoms with Gasteiger partial charge >= 0.3 is 0 Å². The lowest BCUT2D eigenvalue weighted by atomic mass is 9.66. The highest BCUT2D eigenvalue weighted by Crippen LogP contribution is 2.44. The van der Waals surface area contributed by atoms with Gasteiger partial charge in [-0.3, -0.25) is 0 Å². The normalized spacial score (nSPS) is 13.4. The molecule has 0 aliphatic heterocycles. The molecule has 0 amide bonds. The first-order valence-corrected chi connectivity index (χ1v) is 21.8. The smallest absolute Gasteiger partial charge is 0.112 e. The lowest BCUT2D eigenvalue weighted by Crippen LogP contribution is -2.35. The Kier molecular flexibility index (Phi) is 23.0. The van der Waals surface area contributed by atoms with Crippen molar-refractivity contribution in [2.75, 3.05) is 0 Å². The molecule has 0 aliphatic rings. The molecule has 0 spiro atoms. The van der Waals surface area contributed by atoms with Gasteiger partial charge in [0.1, 0.15) is 5.82 Å². The van der Waals surface area contributed by atoms with Crippen molar-refractivity contribution in [3.63, 3.8) is 0 Å². The molecule has 0 N–H and O–H groups in total. The Balaban J connectivity index is 1.49. The Morgan fingerprint density at radius 2 is 0.940 bits per heavy atom. The maximum Gasteiger partial charge on any atom is 0.112 e. The van der Waals surface area contributed by atoms with Crippen LogP contribution in [0.25, 0.3) is 0 Å². The minimum atomic E-state index is -0.0267. The molecule has 0 aliphatic carbocycles. The second-order valence-corrected chi connectivity index (χ2v) is 15.9. The van der Waals surface area contributed by atoms with Gasteiger partial charge in [0, 0.05) is 30.3 Å². The summed E-state index contributed by atoms with van der Waals surface area (Å²) in [6.07, 6.45) is 41.6. The summed E-state index contributed by atoms with van der Waals surface area (Å²) in [4.78, 5) is 5.16. The van der Waals surface area contributed by atoms with Gasteiger partial charge < -0.3 is 4.57 Å².